The summed E-state index contributed by atoms with van der Waals surface area (Å²) in [5.41, 5.74) is 3.74. The minimum atomic E-state index is -4.94. The van der Waals surface area contributed by atoms with Gasteiger partial charge in [0, 0.05) is 30.0 Å². The van der Waals surface area contributed by atoms with Gasteiger partial charge in [0.1, 0.15) is 10.3 Å². The van der Waals surface area contributed by atoms with E-state index in [1.165, 1.54) is 14.5 Å². The molecule has 2 aromatic carbocycles. The average Bonchev–Trinajstić information content (AvgIpc) is 3.88. The van der Waals surface area contributed by atoms with Gasteiger partial charge in [0.15, 0.2) is 18.8 Å². The number of allylic oxidation sites excluding steroid dienone is 5. The van der Waals surface area contributed by atoms with E-state index >= 15 is 0 Å². The molecule has 0 spiro atoms. The van der Waals surface area contributed by atoms with Crippen LogP contribution in [0.1, 0.15) is 98.4 Å². The van der Waals surface area contributed by atoms with Gasteiger partial charge >= 0.3 is 6.09 Å². The predicted molar refractivity (Wildman–Crippen MR) is 242 cm³/mol. The lowest BCUT2D eigenvalue weighted by Crippen LogP contribution is -2.66. The molecule has 0 saturated carbocycles. The molecule has 3 aromatic rings. The van der Waals surface area contributed by atoms with Crippen molar-refractivity contribution in [2.45, 2.75) is 110 Å². The highest BCUT2D eigenvalue weighted by molar-refractivity contribution is 8.05. The van der Waals surface area contributed by atoms with Crippen LogP contribution in [0.5, 0.6) is 0 Å². The monoisotopic (exact) mass is 890 g/mol. The second-order valence-corrected chi connectivity index (χ2v) is 21.7. The number of aromatic nitrogens is 1. The van der Waals surface area contributed by atoms with Crippen LogP contribution in [0.15, 0.2) is 93.5 Å². The summed E-state index contributed by atoms with van der Waals surface area (Å²) in [5, 5.41) is 15.2. The minimum Gasteiger partial charge on any atom is -0.443 e. The summed E-state index contributed by atoms with van der Waals surface area (Å²) in [5.74, 6) is -0.194. The summed E-state index contributed by atoms with van der Waals surface area (Å²) in [6.45, 7) is 15.7. The van der Waals surface area contributed by atoms with Crippen LogP contribution in [-0.2, 0) is 30.5 Å². The SMILES string of the molecule is CCCCC[n+]1c(C=CC2=C(N(SOOO)C(=O)OC(C)(C)C)C(=CC=C3Sc4ccccc4N3CCCCS(=O)(O)(O)[N+](CC)(CC)CC)CC2)sc2ccccc21. The first-order valence-corrected chi connectivity index (χ1v) is 24.9. The number of quaternary nitrogens is 1. The molecule has 59 heavy (non-hydrogen) atoms. The van der Waals surface area contributed by atoms with E-state index in [0.717, 1.165) is 57.6 Å². The van der Waals surface area contributed by atoms with Crippen LogP contribution in [0.2, 0.25) is 0 Å². The van der Waals surface area contributed by atoms with E-state index in [-0.39, 0.29) is 9.64 Å². The number of rotatable bonds is 20. The highest BCUT2D eigenvalue weighted by Gasteiger charge is 2.49. The van der Waals surface area contributed by atoms with Gasteiger partial charge in [-0.3, -0.25) is 9.11 Å². The van der Waals surface area contributed by atoms with Gasteiger partial charge in [-0.2, -0.15) is 13.1 Å². The zero-order valence-corrected chi connectivity index (χ0v) is 38.7. The summed E-state index contributed by atoms with van der Waals surface area (Å²) < 4.78 is 51.5. The van der Waals surface area contributed by atoms with Gasteiger partial charge in [0.2, 0.25) is 15.3 Å². The van der Waals surface area contributed by atoms with Crippen LogP contribution in [-0.4, -0.2) is 70.4 Å². The highest BCUT2D eigenvalue weighted by Crippen LogP contribution is 2.47. The van der Waals surface area contributed by atoms with E-state index in [4.69, 9.17) is 9.07 Å². The Morgan fingerprint density at radius 3 is 2.37 bits per heavy atom. The van der Waals surface area contributed by atoms with Crippen LogP contribution >= 0.6 is 35.3 Å². The Morgan fingerprint density at radius 2 is 1.68 bits per heavy atom. The number of fused-ring (bicyclic) bond motifs is 2. The fourth-order valence-electron chi connectivity index (χ4n) is 7.75. The standard InChI is InChI=1S/C43H60N4O8S4/c1-8-12-17-30-44-35-20-13-15-22-37(35)56-39(44)28-26-33-24-25-34(41(33)46(58-55-54-49)42(48)53-43(5,6)7)27-29-40-45(36-21-14-16-23-38(36)57-40)31-18-19-32-59(50,51,52)47(9-2,10-3)11-4/h13-16,20-23,26-29H,8-12,17-19,24-25,30-32H2,1-7H3,(H-2,49,50,51,52)/p+2. The largest absolute Gasteiger partial charge is 0.443 e. The van der Waals surface area contributed by atoms with Gasteiger partial charge in [-0.25, -0.2) is 13.9 Å². The number of hydrogen-bond donors (Lipinski definition) is 3. The molecule has 0 saturated heterocycles. The predicted octanol–water partition coefficient (Wildman–Crippen LogP) is 11.4. The van der Waals surface area contributed by atoms with Crippen molar-refractivity contribution in [3.8, 4) is 0 Å². The number of nitrogens with zero attached hydrogens (tertiary/aromatic N) is 4. The molecule has 0 bridgehead atoms. The van der Waals surface area contributed by atoms with Gasteiger partial charge in [0.05, 0.1) is 41.8 Å². The third kappa shape index (κ3) is 11.1. The number of thiazole rings is 1. The van der Waals surface area contributed by atoms with Crippen LogP contribution in [0.25, 0.3) is 16.3 Å². The van der Waals surface area contributed by atoms with Gasteiger partial charge in [0.25, 0.3) is 5.01 Å². The van der Waals surface area contributed by atoms with Crippen molar-refractivity contribution in [2.75, 3.05) is 36.8 Å². The smallest absolute Gasteiger partial charge is 0.427 e. The fraction of sp³-hybridized carbons (Fsp3) is 0.488. The van der Waals surface area contributed by atoms with Gasteiger partial charge in [-0.15, -0.1) is 4.33 Å². The number of unbranched alkanes of at least 4 members (excludes halogenated alkanes) is 3. The van der Waals surface area contributed by atoms with Gasteiger partial charge < -0.3 is 9.64 Å². The Labute approximate surface area is 362 Å². The van der Waals surface area contributed by atoms with Gasteiger partial charge in [-0.1, -0.05) is 71.8 Å². The number of hydrogen-bond acceptors (Lipinski definition) is 10. The van der Waals surface area contributed by atoms with Crippen molar-refractivity contribution < 1.29 is 45.9 Å². The van der Waals surface area contributed by atoms with Crippen LogP contribution in [0.3, 0.4) is 0 Å². The molecule has 0 atom stereocenters. The quantitative estimate of drug-likeness (QED) is 0.0190. The van der Waals surface area contributed by atoms with Crippen LogP contribution < -0.4 is 9.47 Å². The summed E-state index contributed by atoms with van der Waals surface area (Å²) >= 11 is 3.89. The minimum absolute atomic E-state index is 0.194. The zero-order chi connectivity index (χ0) is 42.9. The van der Waals surface area contributed by atoms with Gasteiger partial charge in [-0.05, 0) is 115 Å². The molecule has 3 N–H and O–H groups in total. The molecule has 324 valence electrons. The first-order chi connectivity index (χ1) is 28.1. The lowest BCUT2D eigenvalue weighted by molar-refractivity contribution is -0.815. The molecule has 0 fully saturated rings. The first-order valence-electron chi connectivity index (χ1n) is 20.6. The third-order valence-electron chi connectivity index (χ3n) is 10.9. The molecule has 0 unspecified atom stereocenters. The number of benzene rings is 2. The van der Waals surface area contributed by atoms with Crippen molar-refractivity contribution in [1.82, 2.24) is 4.31 Å². The number of anilines is 1. The van der Waals surface area contributed by atoms with E-state index in [1.807, 2.05) is 45.1 Å². The summed E-state index contributed by atoms with van der Waals surface area (Å²) in [6, 6.07) is 16.5. The molecule has 2 aliphatic rings. The van der Waals surface area contributed by atoms with Crippen molar-refractivity contribution >= 4 is 73.2 Å². The number of ether oxygens (including phenoxy) is 1. The second-order valence-electron chi connectivity index (χ2n) is 15.8. The van der Waals surface area contributed by atoms with E-state index in [1.54, 1.807) is 43.9 Å². The summed E-state index contributed by atoms with van der Waals surface area (Å²) in [6.07, 6.45) is 13.1. The van der Waals surface area contributed by atoms with Crippen molar-refractivity contribution in [3.63, 3.8) is 0 Å². The Morgan fingerprint density at radius 1 is 0.966 bits per heavy atom. The third-order valence-corrected chi connectivity index (χ3v) is 17.1. The zero-order valence-electron chi connectivity index (χ0n) is 35.4. The molecule has 12 nitrogen and oxygen atoms in total. The molecule has 2 heterocycles. The molecule has 1 aliphatic heterocycles. The van der Waals surface area contributed by atoms with Crippen molar-refractivity contribution in [3.05, 3.63) is 93.6 Å². The van der Waals surface area contributed by atoms with Crippen molar-refractivity contribution in [1.29, 1.82) is 0 Å². The normalized spacial score (nSPS) is 17.1. The Balaban J connectivity index is 1.51. The van der Waals surface area contributed by atoms with Crippen LogP contribution in [0, 0.1) is 0 Å². The number of thioether (sulfide) groups is 1. The lowest BCUT2D eigenvalue weighted by atomic mass is 10.1. The first kappa shape index (κ1) is 47.0. The van der Waals surface area contributed by atoms with Crippen molar-refractivity contribution in [2.24, 2.45) is 0 Å². The number of carbonyl (C=O) groups is 1. The maximum atomic E-state index is 13.8. The topological polar surface area (TPSA) is 133 Å². The number of para-hydroxylation sites is 2. The molecule has 1 amide bonds. The number of carbonyl (C=O) groups excluding carboxylic acids is 1. The van der Waals surface area contributed by atoms with E-state index in [2.05, 4.69) is 70.0 Å². The Kier molecular flexibility index (Phi) is 16.1. The van der Waals surface area contributed by atoms with E-state index in [0.29, 0.717) is 69.8 Å². The number of amides is 1. The van der Waals surface area contributed by atoms with Crippen LogP contribution in [0.4, 0.5) is 10.5 Å². The fourth-order valence-corrected chi connectivity index (χ4v) is 13.1. The average molecular weight is 891 g/mol. The molecule has 0 radical (unpaired) electrons. The highest BCUT2D eigenvalue weighted by atomic mass is 32.3. The molecular formula is C43H62N4O8S4+2. The molecular weight excluding hydrogens is 829 g/mol. The maximum Gasteiger partial charge on any atom is 0.427 e. The second kappa shape index (κ2) is 20.2. The lowest BCUT2D eigenvalue weighted by Gasteiger charge is -2.50. The molecule has 5 rings (SSSR count). The number of aryl methyl sites for hydroxylation is 1. The van der Waals surface area contributed by atoms with E-state index in [9.17, 15) is 23.4 Å². The summed E-state index contributed by atoms with van der Waals surface area (Å²) in [4.78, 5) is 17.1. The Hall–Kier alpha value is -3.03. The molecule has 1 aromatic heterocycles. The maximum absolute atomic E-state index is 13.8. The Bertz CT molecular complexity index is 2120. The van der Waals surface area contributed by atoms with E-state index < -0.39 is 21.5 Å². The molecule has 16 heteroatoms. The summed E-state index contributed by atoms with van der Waals surface area (Å²) in [7, 11) is -4.94. The molecule has 1 aliphatic carbocycles.